The van der Waals surface area contributed by atoms with Crippen LogP contribution in [-0.4, -0.2) is 21.4 Å². The van der Waals surface area contributed by atoms with Crippen molar-refractivity contribution in [2.75, 3.05) is 0 Å². The lowest BCUT2D eigenvalue weighted by molar-refractivity contribution is 0.0846. The van der Waals surface area contributed by atoms with Gasteiger partial charge in [-0.2, -0.15) is 0 Å². The summed E-state index contributed by atoms with van der Waals surface area (Å²) >= 11 is 0. The number of amides is 2. The molecule has 0 aliphatic heterocycles. The first kappa shape index (κ1) is 18.4. The maximum atomic E-state index is 12.6. The molecule has 2 aromatic heterocycles. The van der Waals surface area contributed by atoms with Crippen molar-refractivity contribution >= 4 is 11.8 Å². The molecule has 3 rings (SSSR count). The first-order chi connectivity index (χ1) is 13.0. The molecule has 6 heteroatoms. The van der Waals surface area contributed by atoms with Crippen LogP contribution in [0.1, 0.15) is 50.6 Å². The van der Waals surface area contributed by atoms with Crippen LogP contribution in [0.15, 0.2) is 60.9 Å². The molecule has 0 spiro atoms. The predicted molar refractivity (Wildman–Crippen MR) is 103 cm³/mol. The fourth-order valence-corrected chi connectivity index (χ4v) is 3.23. The average molecular weight is 362 g/mol. The van der Waals surface area contributed by atoms with E-state index in [-0.39, 0.29) is 11.9 Å². The molecule has 6 nitrogen and oxygen atoms in total. The van der Waals surface area contributed by atoms with Crippen molar-refractivity contribution in [2.45, 2.75) is 26.8 Å². The van der Waals surface area contributed by atoms with Crippen LogP contribution in [-0.2, 0) is 0 Å². The summed E-state index contributed by atoms with van der Waals surface area (Å²) in [6.07, 6.45) is 3.02. The van der Waals surface area contributed by atoms with Crippen molar-refractivity contribution in [3.63, 3.8) is 0 Å². The number of aryl methyl sites for hydroxylation is 1. The highest BCUT2D eigenvalue weighted by Crippen LogP contribution is 2.25. The second-order valence-corrected chi connectivity index (χ2v) is 6.39. The summed E-state index contributed by atoms with van der Waals surface area (Å²) in [4.78, 5) is 28.5. The van der Waals surface area contributed by atoms with Crippen molar-refractivity contribution in [3.8, 4) is 0 Å². The van der Waals surface area contributed by atoms with Crippen LogP contribution in [0.3, 0.4) is 0 Å². The van der Waals surface area contributed by atoms with E-state index in [9.17, 15) is 9.59 Å². The van der Waals surface area contributed by atoms with Gasteiger partial charge in [-0.3, -0.25) is 25.4 Å². The third-order valence-corrected chi connectivity index (χ3v) is 4.61. The zero-order valence-electron chi connectivity index (χ0n) is 15.6. The predicted octanol–water partition coefficient (Wildman–Crippen LogP) is 3.18. The lowest BCUT2D eigenvalue weighted by atomic mass is 10.1. The number of hydrogen-bond acceptors (Lipinski definition) is 3. The molecule has 1 aromatic carbocycles. The Morgan fingerprint density at radius 2 is 1.70 bits per heavy atom. The van der Waals surface area contributed by atoms with E-state index in [4.69, 9.17) is 0 Å². The Morgan fingerprint density at radius 1 is 1.00 bits per heavy atom. The maximum Gasteiger partial charge on any atom is 0.271 e. The number of hydrazine groups is 1. The van der Waals surface area contributed by atoms with Gasteiger partial charge in [0, 0.05) is 23.8 Å². The second-order valence-electron chi connectivity index (χ2n) is 6.39. The normalized spacial score (nSPS) is 11.7. The molecule has 2 heterocycles. The fourth-order valence-electron chi connectivity index (χ4n) is 3.23. The molecule has 0 saturated carbocycles. The first-order valence-corrected chi connectivity index (χ1v) is 8.73. The molecule has 1 atom stereocenters. The fraction of sp³-hybridized carbons (Fsp3) is 0.190. The molecule has 0 unspecified atom stereocenters. The Labute approximate surface area is 158 Å². The summed E-state index contributed by atoms with van der Waals surface area (Å²) in [5.74, 6) is -0.769. The quantitative estimate of drug-likeness (QED) is 0.700. The summed E-state index contributed by atoms with van der Waals surface area (Å²) < 4.78 is 2.12. The van der Waals surface area contributed by atoms with E-state index in [1.54, 1.807) is 18.3 Å². The van der Waals surface area contributed by atoms with Gasteiger partial charge in [-0.25, -0.2) is 0 Å². The number of carbonyl (C=O) groups is 2. The minimum Gasteiger partial charge on any atom is -0.341 e. The van der Waals surface area contributed by atoms with E-state index in [0.717, 1.165) is 17.0 Å². The molecule has 0 saturated heterocycles. The van der Waals surface area contributed by atoms with E-state index < -0.39 is 5.91 Å². The van der Waals surface area contributed by atoms with Crippen molar-refractivity contribution in [3.05, 3.63) is 89.0 Å². The van der Waals surface area contributed by atoms with Crippen LogP contribution in [0.4, 0.5) is 0 Å². The van der Waals surface area contributed by atoms with Gasteiger partial charge in [-0.05, 0) is 44.5 Å². The summed E-state index contributed by atoms with van der Waals surface area (Å²) in [7, 11) is 0. The molecular weight excluding hydrogens is 340 g/mol. The number of aromatic nitrogens is 2. The van der Waals surface area contributed by atoms with Gasteiger partial charge >= 0.3 is 0 Å². The number of pyridine rings is 1. The van der Waals surface area contributed by atoms with Gasteiger partial charge in [0.25, 0.3) is 11.8 Å². The van der Waals surface area contributed by atoms with Crippen LogP contribution in [0.5, 0.6) is 0 Å². The number of nitrogens with one attached hydrogen (secondary N) is 2. The molecule has 3 aromatic rings. The summed E-state index contributed by atoms with van der Waals surface area (Å²) in [5, 5.41) is 0. The van der Waals surface area contributed by atoms with E-state index in [0.29, 0.717) is 11.1 Å². The molecule has 0 fully saturated rings. The number of benzene rings is 1. The lowest BCUT2D eigenvalue weighted by Gasteiger charge is -2.19. The van der Waals surface area contributed by atoms with Crippen LogP contribution in [0.25, 0.3) is 0 Å². The minimum absolute atomic E-state index is 0.0951. The molecule has 138 valence electrons. The van der Waals surface area contributed by atoms with Crippen molar-refractivity contribution < 1.29 is 9.59 Å². The summed E-state index contributed by atoms with van der Waals surface area (Å²) in [6, 6.07) is 15.3. The van der Waals surface area contributed by atoms with E-state index in [1.165, 1.54) is 6.20 Å². The molecule has 0 aliphatic rings. The van der Waals surface area contributed by atoms with Crippen molar-refractivity contribution in [1.29, 1.82) is 0 Å². The second kappa shape index (κ2) is 7.86. The lowest BCUT2D eigenvalue weighted by Crippen LogP contribution is -2.41. The third-order valence-electron chi connectivity index (χ3n) is 4.61. The molecule has 27 heavy (non-hydrogen) atoms. The van der Waals surface area contributed by atoms with Crippen LogP contribution in [0.2, 0.25) is 0 Å². The van der Waals surface area contributed by atoms with E-state index >= 15 is 0 Å². The monoisotopic (exact) mass is 362 g/mol. The highest BCUT2D eigenvalue weighted by atomic mass is 16.2. The largest absolute Gasteiger partial charge is 0.341 e. The van der Waals surface area contributed by atoms with Crippen LogP contribution < -0.4 is 10.9 Å². The van der Waals surface area contributed by atoms with E-state index in [1.807, 2.05) is 38.1 Å². The summed E-state index contributed by atoms with van der Waals surface area (Å²) in [6.45, 7) is 5.98. The molecule has 0 bridgehead atoms. The zero-order chi connectivity index (χ0) is 19.4. The van der Waals surface area contributed by atoms with Crippen molar-refractivity contribution in [1.82, 2.24) is 20.4 Å². The van der Waals surface area contributed by atoms with Gasteiger partial charge in [0.1, 0.15) is 0 Å². The number of hydrogen-bond donors (Lipinski definition) is 2. The molecular formula is C21H22N4O2. The SMILES string of the molecule is Cc1cc(C(=O)NNC(=O)c2cccnc2)c(C)n1[C@H](C)c1ccccc1. The van der Waals surface area contributed by atoms with E-state index in [2.05, 4.69) is 39.5 Å². The van der Waals surface area contributed by atoms with Gasteiger partial charge in [0.2, 0.25) is 0 Å². The Morgan fingerprint density at radius 3 is 2.37 bits per heavy atom. The van der Waals surface area contributed by atoms with Gasteiger partial charge in [-0.1, -0.05) is 30.3 Å². The Kier molecular flexibility index (Phi) is 5.35. The van der Waals surface area contributed by atoms with Gasteiger partial charge < -0.3 is 4.57 Å². The Bertz CT molecular complexity index is 949. The summed E-state index contributed by atoms with van der Waals surface area (Å²) in [5.41, 5.74) is 8.80. The molecule has 2 N–H and O–H groups in total. The molecule has 2 amide bonds. The number of nitrogens with zero attached hydrogens (tertiary/aromatic N) is 2. The topological polar surface area (TPSA) is 76.0 Å². The first-order valence-electron chi connectivity index (χ1n) is 8.73. The van der Waals surface area contributed by atoms with Gasteiger partial charge in [-0.15, -0.1) is 0 Å². The van der Waals surface area contributed by atoms with Crippen molar-refractivity contribution in [2.24, 2.45) is 0 Å². The number of carbonyl (C=O) groups excluding carboxylic acids is 2. The third kappa shape index (κ3) is 3.89. The Hall–Kier alpha value is -3.41. The zero-order valence-corrected chi connectivity index (χ0v) is 15.6. The minimum atomic E-state index is -0.414. The highest BCUT2D eigenvalue weighted by molar-refractivity contribution is 5.99. The maximum absolute atomic E-state index is 12.6. The van der Waals surface area contributed by atoms with Crippen LogP contribution >= 0.6 is 0 Å². The standard InChI is InChI=1S/C21H22N4O2/c1-14-12-19(16(3)25(14)15(2)17-8-5-4-6-9-17)21(27)24-23-20(26)18-10-7-11-22-13-18/h4-13,15H,1-3H3,(H,23,26)(H,24,27)/t15-/m1/s1. The van der Waals surface area contributed by atoms with Gasteiger partial charge in [0.15, 0.2) is 0 Å². The number of rotatable bonds is 4. The smallest absolute Gasteiger partial charge is 0.271 e. The molecule has 0 radical (unpaired) electrons. The van der Waals surface area contributed by atoms with Crippen LogP contribution in [0, 0.1) is 13.8 Å². The average Bonchev–Trinajstić information content (AvgIpc) is 3.00. The molecule has 0 aliphatic carbocycles. The van der Waals surface area contributed by atoms with Gasteiger partial charge in [0.05, 0.1) is 17.2 Å². The Balaban J connectivity index is 1.75. The highest BCUT2D eigenvalue weighted by Gasteiger charge is 2.20.